The van der Waals surface area contributed by atoms with Crippen molar-refractivity contribution >= 4 is 17.9 Å². The van der Waals surface area contributed by atoms with Gasteiger partial charge in [-0.3, -0.25) is 4.79 Å². The van der Waals surface area contributed by atoms with Crippen LogP contribution in [0, 0.1) is 13.8 Å². The van der Waals surface area contributed by atoms with Gasteiger partial charge in [-0.1, -0.05) is 0 Å². The van der Waals surface area contributed by atoms with Crippen molar-refractivity contribution in [2.75, 3.05) is 25.0 Å². The van der Waals surface area contributed by atoms with Gasteiger partial charge >= 0.3 is 6.09 Å². The molecule has 1 aliphatic rings. The van der Waals surface area contributed by atoms with E-state index in [0.717, 1.165) is 11.4 Å². The minimum absolute atomic E-state index is 0.00322. The SMILES string of the molecule is Cc1cc(C)nc(NCC(=O)N2CCC(NC(=O)OC(C)(C)C)CC2)n1. The number of hydrogen-bond donors (Lipinski definition) is 2. The zero-order chi connectivity index (χ0) is 19.3. The van der Waals surface area contributed by atoms with Gasteiger partial charge < -0.3 is 20.3 Å². The molecule has 1 aliphatic heterocycles. The molecule has 2 N–H and O–H groups in total. The topological polar surface area (TPSA) is 96.5 Å². The highest BCUT2D eigenvalue weighted by molar-refractivity contribution is 5.80. The quantitative estimate of drug-likeness (QED) is 0.850. The molecule has 1 aromatic rings. The van der Waals surface area contributed by atoms with E-state index in [1.165, 1.54) is 0 Å². The summed E-state index contributed by atoms with van der Waals surface area (Å²) >= 11 is 0. The highest BCUT2D eigenvalue weighted by atomic mass is 16.6. The van der Waals surface area contributed by atoms with Crippen LogP contribution in [0.1, 0.15) is 45.0 Å². The van der Waals surface area contributed by atoms with E-state index in [1.54, 1.807) is 4.90 Å². The Hall–Kier alpha value is -2.38. The van der Waals surface area contributed by atoms with E-state index in [4.69, 9.17) is 4.74 Å². The van der Waals surface area contributed by atoms with Crippen molar-refractivity contribution in [1.29, 1.82) is 0 Å². The Balaban J connectivity index is 1.75. The van der Waals surface area contributed by atoms with Crippen LogP contribution in [-0.4, -0.2) is 58.1 Å². The average molecular weight is 363 g/mol. The summed E-state index contributed by atoms with van der Waals surface area (Å²) in [5.74, 6) is 0.473. The number of rotatable bonds is 4. The van der Waals surface area contributed by atoms with Crippen LogP contribution in [0.2, 0.25) is 0 Å². The second-order valence-electron chi connectivity index (χ2n) is 7.63. The lowest BCUT2D eigenvalue weighted by molar-refractivity contribution is -0.130. The third-order valence-electron chi connectivity index (χ3n) is 3.95. The molecule has 26 heavy (non-hydrogen) atoms. The fraction of sp³-hybridized carbons (Fsp3) is 0.667. The number of likely N-dealkylation sites (tertiary alicyclic amines) is 1. The van der Waals surface area contributed by atoms with E-state index in [2.05, 4.69) is 20.6 Å². The van der Waals surface area contributed by atoms with Gasteiger partial charge in [-0.15, -0.1) is 0 Å². The van der Waals surface area contributed by atoms with Crippen LogP contribution in [0.5, 0.6) is 0 Å². The number of ether oxygens (including phenoxy) is 1. The van der Waals surface area contributed by atoms with Crippen LogP contribution in [0.4, 0.5) is 10.7 Å². The van der Waals surface area contributed by atoms with Crippen LogP contribution in [-0.2, 0) is 9.53 Å². The van der Waals surface area contributed by atoms with Crippen LogP contribution in [0.3, 0.4) is 0 Å². The van der Waals surface area contributed by atoms with Gasteiger partial charge in [-0.05, 0) is 53.5 Å². The maximum Gasteiger partial charge on any atom is 0.407 e. The maximum atomic E-state index is 12.4. The van der Waals surface area contributed by atoms with Crippen molar-refractivity contribution in [1.82, 2.24) is 20.2 Å². The normalized spacial score (nSPS) is 15.5. The first-order valence-corrected chi connectivity index (χ1v) is 8.96. The zero-order valence-corrected chi connectivity index (χ0v) is 16.3. The zero-order valence-electron chi connectivity index (χ0n) is 16.3. The molecule has 0 saturated carbocycles. The summed E-state index contributed by atoms with van der Waals surface area (Å²) in [6.45, 7) is 10.7. The number of alkyl carbamates (subject to hydrolysis) is 1. The molecule has 2 rings (SSSR count). The molecule has 1 fully saturated rings. The Kier molecular flexibility index (Phi) is 6.39. The lowest BCUT2D eigenvalue weighted by atomic mass is 10.1. The van der Waals surface area contributed by atoms with Gasteiger partial charge in [0.2, 0.25) is 11.9 Å². The number of amides is 2. The molecule has 0 bridgehead atoms. The number of nitrogens with one attached hydrogen (secondary N) is 2. The van der Waals surface area contributed by atoms with E-state index in [0.29, 0.717) is 31.9 Å². The van der Waals surface area contributed by atoms with E-state index < -0.39 is 11.7 Å². The molecule has 1 saturated heterocycles. The summed E-state index contributed by atoms with van der Waals surface area (Å²) in [5.41, 5.74) is 1.21. The predicted molar refractivity (Wildman–Crippen MR) is 99.0 cm³/mol. The van der Waals surface area contributed by atoms with Crippen molar-refractivity contribution in [2.45, 2.75) is 59.1 Å². The first-order valence-electron chi connectivity index (χ1n) is 8.96. The number of anilines is 1. The lowest BCUT2D eigenvalue weighted by Crippen LogP contribution is -2.48. The van der Waals surface area contributed by atoms with Gasteiger partial charge in [0.15, 0.2) is 0 Å². The minimum atomic E-state index is -0.511. The molecule has 0 unspecified atom stereocenters. The molecule has 144 valence electrons. The number of piperidine rings is 1. The maximum absolute atomic E-state index is 12.4. The van der Waals surface area contributed by atoms with Gasteiger partial charge in [-0.25, -0.2) is 14.8 Å². The van der Waals surface area contributed by atoms with Crippen molar-refractivity contribution in [3.05, 3.63) is 17.5 Å². The van der Waals surface area contributed by atoms with Gasteiger partial charge in [0.05, 0.1) is 6.54 Å². The highest BCUT2D eigenvalue weighted by Gasteiger charge is 2.25. The summed E-state index contributed by atoms with van der Waals surface area (Å²) in [6, 6.07) is 1.92. The van der Waals surface area contributed by atoms with Crippen LogP contribution >= 0.6 is 0 Å². The Morgan fingerprint density at radius 2 is 1.77 bits per heavy atom. The Labute approximate surface area is 154 Å². The van der Waals surface area contributed by atoms with Gasteiger partial charge in [-0.2, -0.15) is 0 Å². The molecule has 0 radical (unpaired) electrons. The standard InChI is InChI=1S/C18H29N5O3/c1-12-10-13(2)21-16(20-12)19-11-15(24)23-8-6-14(7-9-23)22-17(25)26-18(3,4)5/h10,14H,6-9,11H2,1-5H3,(H,22,25)(H,19,20,21). The Morgan fingerprint density at radius 1 is 1.19 bits per heavy atom. The molecule has 1 aromatic heterocycles. The number of nitrogens with zero attached hydrogens (tertiary/aromatic N) is 3. The largest absolute Gasteiger partial charge is 0.444 e. The molecule has 0 atom stereocenters. The smallest absolute Gasteiger partial charge is 0.407 e. The highest BCUT2D eigenvalue weighted by Crippen LogP contribution is 2.13. The molecule has 8 heteroatoms. The molecule has 8 nitrogen and oxygen atoms in total. The monoisotopic (exact) mass is 363 g/mol. The molecular weight excluding hydrogens is 334 g/mol. The van der Waals surface area contributed by atoms with Gasteiger partial charge in [0.1, 0.15) is 5.60 Å². The fourth-order valence-corrected chi connectivity index (χ4v) is 2.82. The minimum Gasteiger partial charge on any atom is -0.444 e. The van der Waals surface area contributed by atoms with Crippen LogP contribution in [0.15, 0.2) is 6.07 Å². The van der Waals surface area contributed by atoms with Crippen molar-refractivity contribution in [3.63, 3.8) is 0 Å². The van der Waals surface area contributed by atoms with E-state index in [-0.39, 0.29) is 18.5 Å². The second kappa shape index (κ2) is 8.33. The Morgan fingerprint density at radius 3 is 2.31 bits per heavy atom. The average Bonchev–Trinajstić information content (AvgIpc) is 2.50. The predicted octanol–water partition coefficient (Wildman–Crippen LogP) is 2.02. The molecule has 0 aromatic carbocycles. The molecular formula is C18H29N5O3. The third-order valence-corrected chi connectivity index (χ3v) is 3.95. The van der Waals surface area contributed by atoms with Crippen LogP contribution < -0.4 is 10.6 Å². The van der Waals surface area contributed by atoms with Gasteiger partial charge in [0, 0.05) is 30.5 Å². The summed E-state index contributed by atoms with van der Waals surface area (Å²) in [7, 11) is 0. The lowest BCUT2D eigenvalue weighted by Gasteiger charge is -2.33. The van der Waals surface area contributed by atoms with Gasteiger partial charge in [0.25, 0.3) is 0 Å². The van der Waals surface area contributed by atoms with E-state index in [9.17, 15) is 9.59 Å². The Bertz CT molecular complexity index is 628. The number of hydrogen-bond acceptors (Lipinski definition) is 6. The number of carbonyl (C=O) groups is 2. The fourth-order valence-electron chi connectivity index (χ4n) is 2.82. The number of carbonyl (C=O) groups excluding carboxylic acids is 2. The first-order chi connectivity index (χ1) is 12.1. The van der Waals surface area contributed by atoms with Crippen molar-refractivity contribution in [3.8, 4) is 0 Å². The first kappa shape index (κ1) is 19.9. The number of aromatic nitrogens is 2. The molecule has 0 spiro atoms. The van der Waals surface area contributed by atoms with E-state index in [1.807, 2.05) is 40.7 Å². The van der Waals surface area contributed by atoms with Crippen molar-refractivity contribution in [2.24, 2.45) is 0 Å². The third kappa shape index (κ3) is 6.50. The summed E-state index contributed by atoms with van der Waals surface area (Å²) < 4.78 is 5.27. The van der Waals surface area contributed by atoms with Crippen LogP contribution in [0.25, 0.3) is 0 Å². The van der Waals surface area contributed by atoms with E-state index >= 15 is 0 Å². The summed E-state index contributed by atoms with van der Waals surface area (Å²) in [5, 5.41) is 5.86. The molecule has 0 aliphatic carbocycles. The molecule has 2 heterocycles. The summed E-state index contributed by atoms with van der Waals surface area (Å²) in [6.07, 6.45) is 1.02. The van der Waals surface area contributed by atoms with Crippen molar-refractivity contribution < 1.29 is 14.3 Å². The summed E-state index contributed by atoms with van der Waals surface area (Å²) in [4.78, 5) is 34.5. The molecule has 2 amide bonds. The second-order valence-corrected chi connectivity index (χ2v) is 7.63. The number of aryl methyl sites for hydroxylation is 2.